The van der Waals surface area contributed by atoms with Crippen molar-refractivity contribution in [1.29, 1.82) is 0 Å². The number of carbonyl (C=O) groups excluding carboxylic acids is 1. The number of carbonyl (C=O) groups is 1. The van der Waals surface area contributed by atoms with Gasteiger partial charge in [0.2, 0.25) is 5.91 Å². The molecule has 1 aromatic carbocycles. The highest BCUT2D eigenvalue weighted by Crippen LogP contribution is 2.68. The van der Waals surface area contributed by atoms with E-state index in [1.165, 1.54) is 30.4 Å². The molecule has 28 heavy (non-hydrogen) atoms. The summed E-state index contributed by atoms with van der Waals surface area (Å²) in [6, 6.07) is 8.46. The third-order valence-corrected chi connectivity index (χ3v) is 8.09. The standard InChI is InChI=1S/C24H31NO3/c1-16-17(2)24-9-12-28-23(21(24)14-19(16)15-24)18-5-7-20(8-6-18)27-13-11-25-10-3-4-22(25)26/h5-8,17,19,21,23H,1,3-4,9-15H2,2H3/t17-,19-,21-,23-,24+/m1/s1. The van der Waals surface area contributed by atoms with Gasteiger partial charge in [0.05, 0.1) is 12.6 Å². The van der Waals surface area contributed by atoms with Gasteiger partial charge in [0.25, 0.3) is 0 Å². The first-order valence-electron chi connectivity index (χ1n) is 10.9. The highest BCUT2D eigenvalue weighted by atomic mass is 16.5. The molecule has 2 saturated heterocycles. The lowest BCUT2D eigenvalue weighted by Crippen LogP contribution is -2.42. The van der Waals surface area contributed by atoms with Gasteiger partial charge in [-0.15, -0.1) is 0 Å². The van der Waals surface area contributed by atoms with Gasteiger partial charge < -0.3 is 14.4 Å². The van der Waals surface area contributed by atoms with Crippen LogP contribution in [0.4, 0.5) is 0 Å². The molecule has 1 amide bonds. The van der Waals surface area contributed by atoms with E-state index in [1.807, 2.05) is 4.90 Å². The average molecular weight is 382 g/mol. The number of hydrogen-bond acceptors (Lipinski definition) is 3. The molecule has 4 fully saturated rings. The van der Waals surface area contributed by atoms with Crippen LogP contribution in [0.3, 0.4) is 0 Å². The van der Waals surface area contributed by atoms with Crippen molar-refractivity contribution < 1.29 is 14.3 Å². The van der Waals surface area contributed by atoms with Crippen LogP contribution in [0.25, 0.3) is 0 Å². The monoisotopic (exact) mass is 381 g/mol. The molecule has 2 aliphatic carbocycles. The first-order chi connectivity index (χ1) is 13.6. The van der Waals surface area contributed by atoms with Crippen LogP contribution < -0.4 is 4.74 Å². The zero-order chi connectivity index (χ0) is 19.3. The van der Waals surface area contributed by atoms with Gasteiger partial charge in [-0.3, -0.25) is 4.79 Å². The Labute approximate surface area is 167 Å². The molecule has 2 heterocycles. The van der Waals surface area contributed by atoms with Gasteiger partial charge in [0.15, 0.2) is 0 Å². The smallest absolute Gasteiger partial charge is 0.222 e. The number of ether oxygens (including phenoxy) is 2. The van der Waals surface area contributed by atoms with Gasteiger partial charge >= 0.3 is 0 Å². The quantitative estimate of drug-likeness (QED) is 0.711. The van der Waals surface area contributed by atoms with Crippen molar-refractivity contribution in [2.75, 3.05) is 26.3 Å². The lowest BCUT2D eigenvalue weighted by Gasteiger charge is -2.48. The predicted molar refractivity (Wildman–Crippen MR) is 108 cm³/mol. The van der Waals surface area contributed by atoms with Crippen molar-refractivity contribution in [2.24, 2.45) is 23.2 Å². The van der Waals surface area contributed by atoms with Crippen molar-refractivity contribution in [3.63, 3.8) is 0 Å². The molecule has 0 N–H and O–H groups in total. The SMILES string of the molecule is C=C1[C@@H]2C[C@@H]3[C@@H](c4ccc(OCCN5CCCC5=O)cc4)OCC[C@]3(C2)[C@@H]1C. The number of amides is 1. The lowest BCUT2D eigenvalue weighted by atomic mass is 9.62. The minimum atomic E-state index is 0.200. The second-order valence-corrected chi connectivity index (χ2v) is 9.22. The Balaban J connectivity index is 1.23. The van der Waals surface area contributed by atoms with Crippen molar-refractivity contribution >= 4 is 5.91 Å². The third-order valence-electron chi connectivity index (χ3n) is 8.09. The average Bonchev–Trinajstić information content (AvgIpc) is 3.36. The molecule has 5 atom stereocenters. The summed E-state index contributed by atoms with van der Waals surface area (Å²) >= 11 is 0. The topological polar surface area (TPSA) is 38.8 Å². The fourth-order valence-electron chi connectivity index (χ4n) is 6.46. The number of likely N-dealkylation sites (tertiary alicyclic amines) is 1. The maximum Gasteiger partial charge on any atom is 0.222 e. The molecule has 1 aromatic rings. The number of allylic oxidation sites excluding steroid dienone is 1. The van der Waals surface area contributed by atoms with Gasteiger partial charge in [-0.2, -0.15) is 0 Å². The van der Waals surface area contributed by atoms with Crippen LogP contribution >= 0.6 is 0 Å². The Morgan fingerprint density at radius 3 is 2.86 bits per heavy atom. The molecular formula is C24H31NO3. The van der Waals surface area contributed by atoms with E-state index < -0.39 is 0 Å². The van der Waals surface area contributed by atoms with Gasteiger partial charge in [0, 0.05) is 19.6 Å². The maximum atomic E-state index is 11.7. The summed E-state index contributed by atoms with van der Waals surface area (Å²) in [6.45, 7) is 9.74. The lowest BCUT2D eigenvalue weighted by molar-refractivity contribution is -0.128. The molecule has 2 bridgehead atoms. The fourth-order valence-corrected chi connectivity index (χ4v) is 6.46. The second-order valence-electron chi connectivity index (χ2n) is 9.22. The first-order valence-corrected chi connectivity index (χ1v) is 10.9. The van der Waals surface area contributed by atoms with Crippen LogP contribution in [0, 0.1) is 23.2 Å². The number of benzene rings is 1. The van der Waals surface area contributed by atoms with E-state index >= 15 is 0 Å². The number of nitrogens with zero attached hydrogens (tertiary/aromatic N) is 1. The molecule has 0 aromatic heterocycles. The van der Waals surface area contributed by atoms with E-state index in [0.717, 1.165) is 25.3 Å². The normalized spacial score (nSPS) is 36.8. The van der Waals surface area contributed by atoms with Gasteiger partial charge in [-0.1, -0.05) is 31.2 Å². The first kappa shape index (κ1) is 18.2. The molecule has 1 spiro atoms. The van der Waals surface area contributed by atoms with Crippen molar-refractivity contribution in [3.05, 3.63) is 42.0 Å². The van der Waals surface area contributed by atoms with E-state index in [9.17, 15) is 4.79 Å². The molecule has 0 radical (unpaired) electrons. The maximum absolute atomic E-state index is 11.7. The van der Waals surface area contributed by atoms with E-state index in [2.05, 4.69) is 37.8 Å². The Hall–Kier alpha value is -1.81. The van der Waals surface area contributed by atoms with E-state index in [1.54, 1.807) is 0 Å². The van der Waals surface area contributed by atoms with Crippen LogP contribution in [0.1, 0.15) is 50.7 Å². The van der Waals surface area contributed by atoms with E-state index in [4.69, 9.17) is 9.47 Å². The number of hydrogen-bond donors (Lipinski definition) is 0. The van der Waals surface area contributed by atoms with Crippen molar-refractivity contribution in [1.82, 2.24) is 4.90 Å². The highest BCUT2D eigenvalue weighted by molar-refractivity contribution is 5.78. The zero-order valence-electron chi connectivity index (χ0n) is 16.9. The van der Waals surface area contributed by atoms with Crippen LogP contribution in [0.5, 0.6) is 5.75 Å². The second kappa shape index (κ2) is 6.91. The van der Waals surface area contributed by atoms with Crippen molar-refractivity contribution in [2.45, 2.75) is 45.1 Å². The summed E-state index contributed by atoms with van der Waals surface area (Å²) in [7, 11) is 0. The Morgan fingerprint density at radius 1 is 1.32 bits per heavy atom. The van der Waals surface area contributed by atoms with E-state index in [0.29, 0.717) is 42.7 Å². The predicted octanol–water partition coefficient (Wildman–Crippen LogP) is 4.37. The van der Waals surface area contributed by atoms with Gasteiger partial charge in [0.1, 0.15) is 12.4 Å². The van der Waals surface area contributed by atoms with Crippen LogP contribution in [-0.2, 0) is 9.53 Å². The summed E-state index contributed by atoms with van der Waals surface area (Å²) in [5.74, 6) is 3.05. The molecular weight excluding hydrogens is 350 g/mol. The van der Waals surface area contributed by atoms with Crippen molar-refractivity contribution in [3.8, 4) is 5.75 Å². The van der Waals surface area contributed by atoms with Crippen LogP contribution in [0.15, 0.2) is 36.4 Å². The Bertz CT molecular complexity index is 773. The molecule has 4 heteroatoms. The zero-order valence-corrected chi connectivity index (χ0v) is 16.9. The summed E-state index contributed by atoms with van der Waals surface area (Å²) in [5, 5.41) is 0. The molecule has 2 saturated carbocycles. The summed E-state index contributed by atoms with van der Waals surface area (Å²) < 4.78 is 12.2. The van der Waals surface area contributed by atoms with Crippen LogP contribution in [-0.4, -0.2) is 37.1 Å². The van der Waals surface area contributed by atoms with E-state index in [-0.39, 0.29) is 12.0 Å². The minimum absolute atomic E-state index is 0.200. The Kier molecular flexibility index (Phi) is 4.50. The summed E-state index contributed by atoms with van der Waals surface area (Å²) in [6.07, 6.45) is 5.59. The van der Waals surface area contributed by atoms with Gasteiger partial charge in [-0.25, -0.2) is 0 Å². The van der Waals surface area contributed by atoms with Gasteiger partial charge in [-0.05, 0) is 66.5 Å². The molecule has 0 unspecified atom stereocenters. The largest absolute Gasteiger partial charge is 0.492 e. The summed E-state index contributed by atoms with van der Waals surface area (Å²) in [4.78, 5) is 13.6. The number of fused-ring (bicyclic) bond motifs is 1. The van der Waals surface area contributed by atoms with Crippen LogP contribution in [0.2, 0.25) is 0 Å². The minimum Gasteiger partial charge on any atom is -0.492 e. The molecule has 2 aliphatic heterocycles. The number of rotatable bonds is 5. The third kappa shape index (κ3) is 2.80. The Morgan fingerprint density at radius 2 is 2.14 bits per heavy atom. The molecule has 5 rings (SSSR count). The molecule has 150 valence electrons. The molecule has 4 aliphatic rings. The summed E-state index contributed by atoms with van der Waals surface area (Å²) in [5.41, 5.74) is 3.16. The fraction of sp³-hybridized carbons (Fsp3) is 0.625. The molecule has 4 nitrogen and oxygen atoms in total. The highest BCUT2D eigenvalue weighted by Gasteiger charge is 2.61.